The van der Waals surface area contributed by atoms with E-state index < -0.39 is 10.0 Å². The van der Waals surface area contributed by atoms with Crippen LogP contribution in [0.3, 0.4) is 0 Å². The van der Waals surface area contributed by atoms with Gasteiger partial charge in [0.05, 0.1) is 4.90 Å². The van der Waals surface area contributed by atoms with Crippen LogP contribution in [0.25, 0.3) is 0 Å². The monoisotopic (exact) mass is 310 g/mol. The van der Waals surface area contributed by atoms with Gasteiger partial charge in [0.1, 0.15) is 0 Å². The van der Waals surface area contributed by atoms with Gasteiger partial charge in [0, 0.05) is 13.1 Å². The summed E-state index contributed by atoms with van der Waals surface area (Å²) in [6, 6.07) is 5.28. The Hall–Kier alpha value is -0.910. The van der Waals surface area contributed by atoms with E-state index >= 15 is 0 Å². The van der Waals surface area contributed by atoms with E-state index in [4.69, 9.17) is 5.73 Å². The van der Waals surface area contributed by atoms with Crippen LogP contribution in [-0.4, -0.2) is 15.0 Å². The van der Waals surface area contributed by atoms with Gasteiger partial charge < -0.3 is 5.73 Å². The van der Waals surface area contributed by atoms with Crippen molar-refractivity contribution in [1.29, 1.82) is 0 Å². The predicted molar refractivity (Wildman–Crippen MR) is 85.5 cm³/mol. The van der Waals surface area contributed by atoms with Crippen LogP contribution in [0.1, 0.15) is 49.7 Å². The van der Waals surface area contributed by atoms with Gasteiger partial charge in [-0.05, 0) is 36.5 Å². The van der Waals surface area contributed by atoms with E-state index in [9.17, 15) is 8.42 Å². The standard InChI is InChI=1S/C16H26N2O2S/c1-13-15(12-17)8-5-9-16(13)21(19,20)18-11-10-14-6-3-2-4-7-14/h5,8-9,14,18H,2-4,6-7,10-12,17H2,1H3. The highest BCUT2D eigenvalue weighted by Gasteiger charge is 2.19. The molecule has 3 N–H and O–H groups in total. The maximum Gasteiger partial charge on any atom is 0.240 e. The first-order valence-corrected chi connectivity index (χ1v) is 9.31. The summed E-state index contributed by atoms with van der Waals surface area (Å²) < 4.78 is 27.6. The van der Waals surface area contributed by atoms with E-state index in [1.54, 1.807) is 12.1 Å². The van der Waals surface area contributed by atoms with Crippen LogP contribution in [0.5, 0.6) is 0 Å². The molecule has 0 amide bonds. The van der Waals surface area contributed by atoms with Gasteiger partial charge in [-0.1, -0.05) is 44.2 Å². The summed E-state index contributed by atoms with van der Waals surface area (Å²) in [7, 11) is -3.43. The Morgan fingerprint density at radius 1 is 1.24 bits per heavy atom. The lowest BCUT2D eigenvalue weighted by Crippen LogP contribution is -2.27. The highest BCUT2D eigenvalue weighted by molar-refractivity contribution is 7.89. The van der Waals surface area contributed by atoms with E-state index in [2.05, 4.69) is 4.72 Å². The second-order valence-corrected chi connectivity index (χ2v) is 7.67. The van der Waals surface area contributed by atoms with Crippen molar-refractivity contribution in [3.63, 3.8) is 0 Å². The quantitative estimate of drug-likeness (QED) is 0.848. The Bertz CT molecular complexity index is 564. The zero-order valence-corrected chi connectivity index (χ0v) is 13.6. The lowest BCUT2D eigenvalue weighted by Gasteiger charge is -2.21. The molecule has 0 unspecified atom stereocenters. The number of nitrogens with one attached hydrogen (secondary N) is 1. The topological polar surface area (TPSA) is 72.2 Å². The smallest absolute Gasteiger partial charge is 0.240 e. The van der Waals surface area contributed by atoms with Gasteiger partial charge in [-0.3, -0.25) is 0 Å². The summed E-state index contributed by atoms with van der Waals surface area (Å²) in [6.07, 6.45) is 7.32. The van der Waals surface area contributed by atoms with Gasteiger partial charge in [-0.2, -0.15) is 0 Å². The molecular weight excluding hydrogens is 284 g/mol. The summed E-state index contributed by atoms with van der Waals surface area (Å²) in [6.45, 7) is 2.70. The fourth-order valence-corrected chi connectivity index (χ4v) is 4.46. The average Bonchev–Trinajstić information content (AvgIpc) is 2.48. The fourth-order valence-electron chi connectivity index (χ4n) is 3.12. The molecule has 1 aromatic rings. The molecule has 1 saturated carbocycles. The third kappa shape index (κ3) is 4.28. The van der Waals surface area contributed by atoms with Crippen LogP contribution in [0, 0.1) is 12.8 Å². The van der Waals surface area contributed by atoms with Crippen LogP contribution >= 0.6 is 0 Å². The van der Waals surface area contributed by atoms with Gasteiger partial charge >= 0.3 is 0 Å². The molecule has 4 nitrogen and oxygen atoms in total. The molecule has 1 fully saturated rings. The Kier molecular flexibility index (Phi) is 5.79. The summed E-state index contributed by atoms with van der Waals surface area (Å²) in [5, 5.41) is 0. The van der Waals surface area contributed by atoms with Crippen molar-refractivity contribution in [1.82, 2.24) is 4.72 Å². The number of hydrogen-bond donors (Lipinski definition) is 2. The predicted octanol–water partition coefficient (Wildman–Crippen LogP) is 2.70. The molecule has 2 rings (SSSR count). The van der Waals surface area contributed by atoms with Crippen LogP contribution in [-0.2, 0) is 16.6 Å². The highest BCUT2D eigenvalue weighted by atomic mass is 32.2. The SMILES string of the molecule is Cc1c(CN)cccc1S(=O)(=O)NCCC1CCCCC1. The van der Waals surface area contributed by atoms with Crippen LogP contribution in [0.2, 0.25) is 0 Å². The second-order valence-electron chi connectivity index (χ2n) is 5.93. The maximum absolute atomic E-state index is 12.4. The van der Waals surface area contributed by atoms with Crippen molar-refractivity contribution in [2.75, 3.05) is 6.54 Å². The van der Waals surface area contributed by atoms with Gasteiger partial charge in [-0.25, -0.2) is 13.1 Å². The van der Waals surface area contributed by atoms with Crippen molar-refractivity contribution in [2.24, 2.45) is 11.7 Å². The summed E-state index contributed by atoms with van der Waals surface area (Å²) in [5.74, 6) is 0.679. The maximum atomic E-state index is 12.4. The van der Waals surface area contributed by atoms with Gasteiger partial charge in [0.2, 0.25) is 10.0 Å². The minimum atomic E-state index is -3.43. The molecule has 0 heterocycles. The number of hydrogen-bond acceptors (Lipinski definition) is 3. The summed E-state index contributed by atoms with van der Waals surface area (Å²) >= 11 is 0. The third-order valence-corrected chi connectivity index (χ3v) is 6.08. The Morgan fingerprint density at radius 2 is 1.95 bits per heavy atom. The van der Waals surface area contributed by atoms with E-state index in [0.717, 1.165) is 17.5 Å². The average molecular weight is 310 g/mol. The van der Waals surface area contributed by atoms with Crippen molar-refractivity contribution < 1.29 is 8.42 Å². The molecule has 1 aromatic carbocycles. The molecule has 0 aliphatic heterocycles. The third-order valence-electron chi connectivity index (χ3n) is 4.48. The number of sulfonamides is 1. The molecule has 118 valence electrons. The normalized spacial score (nSPS) is 17.0. The first kappa shape index (κ1) is 16.5. The zero-order valence-electron chi connectivity index (χ0n) is 12.8. The van der Waals surface area contributed by atoms with Crippen molar-refractivity contribution >= 4 is 10.0 Å². The minimum Gasteiger partial charge on any atom is -0.326 e. The fraction of sp³-hybridized carbons (Fsp3) is 0.625. The Balaban J connectivity index is 1.98. The number of nitrogens with two attached hydrogens (primary N) is 1. The second kappa shape index (κ2) is 7.38. The number of benzene rings is 1. The lowest BCUT2D eigenvalue weighted by atomic mass is 9.87. The Morgan fingerprint density at radius 3 is 2.62 bits per heavy atom. The Labute approximate surface area is 128 Å². The minimum absolute atomic E-state index is 0.356. The molecule has 0 spiro atoms. The van der Waals surface area contributed by atoms with E-state index in [-0.39, 0.29) is 0 Å². The highest BCUT2D eigenvalue weighted by Crippen LogP contribution is 2.26. The molecule has 0 saturated heterocycles. The molecule has 0 radical (unpaired) electrons. The van der Waals surface area contributed by atoms with Crippen LogP contribution in [0.4, 0.5) is 0 Å². The van der Waals surface area contributed by atoms with Gasteiger partial charge in [-0.15, -0.1) is 0 Å². The van der Waals surface area contributed by atoms with Crippen LogP contribution in [0.15, 0.2) is 23.1 Å². The summed E-state index contributed by atoms with van der Waals surface area (Å²) in [5.41, 5.74) is 7.28. The van der Waals surface area contributed by atoms with Gasteiger partial charge in [0.15, 0.2) is 0 Å². The molecular formula is C16H26N2O2S. The van der Waals surface area contributed by atoms with Crippen LogP contribution < -0.4 is 10.5 Å². The first-order chi connectivity index (χ1) is 10.0. The summed E-state index contributed by atoms with van der Waals surface area (Å²) in [4.78, 5) is 0.356. The van der Waals surface area contributed by atoms with Crippen molar-refractivity contribution in [2.45, 2.75) is 56.9 Å². The molecule has 1 aliphatic carbocycles. The largest absolute Gasteiger partial charge is 0.326 e. The molecule has 1 aliphatic rings. The van der Waals surface area contributed by atoms with Crippen molar-refractivity contribution in [3.8, 4) is 0 Å². The van der Waals surface area contributed by atoms with Crippen molar-refractivity contribution in [3.05, 3.63) is 29.3 Å². The van der Waals surface area contributed by atoms with E-state index in [0.29, 0.717) is 23.9 Å². The van der Waals surface area contributed by atoms with E-state index in [1.165, 1.54) is 32.1 Å². The zero-order chi connectivity index (χ0) is 15.3. The molecule has 0 atom stereocenters. The molecule has 0 aromatic heterocycles. The van der Waals surface area contributed by atoms with E-state index in [1.807, 2.05) is 13.0 Å². The molecule has 0 bridgehead atoms. The molecule has 5 heteroatoms. The molecule has 21 heavy (non-hydrogen) atoms. The lowest BCUT2D eigenvalue weighted by molar-refractivity contribution is 0.339. The van der Waals surface area contributed by atoms with Gasteiger partial charge in [0.25, 0.3) is 0 Å². The first-order valence-electron chi connectivity index (χ1n) is 7.83. The number of rotatable bonds is 6.